The Morgan fingerprint density at radius 1 is 1.00 bits per heavy atom. The van der Waals surface area contributed by atoms with Gasteiger partial charge in [0, 0.05) is 6.04 Å². The molecule has 1 fully saturated rings. The van der Waals surface area contributed by atoms with E-state index in [0.29, 0.717) is 12.1 Å². The van der Waals surface area contributed by atoms with E-state index in [2.05, 4.69) is 0 Å². The van der Waals surface area contributed by atoms with Gasteiger partial charge in [-0.1, -0.05) is 0 Å². The van der Waals surface area contributed by atoms with E-state index in [-0.39, 0.29) is 0 Å². The minimum absolute atomic E-state index is 0.327. The van der Waals surface area contributed by atoms with Gasteiger partial charge in [0.15, 0.2) is 0 Å². The van der Waals surface area contributed by atoms with Gasteiger partial charge >= 0.3 is 0 Å². The van der Waals surface area contributed by atoms with E-state index in [1.165, 1.54) is 0 Å². The lowest BCUT2D eigenvalue weighted by Crippen LogP contribution is -2.31. The van der Waals surface area contributed by atoms with Crippen LogP contribution in [0.4, 0.5) is 0 Å². The van der Waals surface area contributed by atoms with Crippen molar-refractivity contribution in [2.45, 2.75) is 37.8 Å². The first-order valence-electron chi connectivity index (χ1n) is 5.84. The number of benzene rings is 1. The first kappa shape index (κ1) is 11.3. The van der Waals surface area contributed by atoms with Gasteiger partial charge in [0.1, 0.15) is 11.5 Å². The minimum atomic E-state index is 0.327. The number of hydrogen-bond acceptors (Lipinski definition) is 3. The Bertz CT molecular complexity index is 315. The maximum absolute atomic E-state index is 5.89. The molecule has 1 aliphatic carbocycles. The summed E-state index contributed by atoms with van der Waals surface area (Å²) in [5, 5.41) is 0. The molecule has 0 amide bonds. The van der Waals surface area contributed by atoms with E-state index >= 15 is 0 Å². The Hall–Kier alpha value is -1.22. The maximum atomic E-state index is 5.89. The number of rotatable bonds is 3. The fourth-order valence-corrected chi connectivity index (χ4v) is 2.05. The van der Waals surface area contributed by atoms with Crippen LogP contribution in [0.1, 0.15) is 25.7 Å². The van der Waals surface area contributed by atoms with Gasteiger partial charge in [-0.25, -0.2) is 0 Å². The summed E-state index contributed by atoms with van der Waals surface area (Å²) in [6, 6.07) is 8.12. The van der Waals surface area contributed by atoms with Crippen LogP contribution in [0.2, 0.25) is 0 Å². The van der Waals surface area contributed by atoms with E-state index in [1.54, 1.807) is 7.11 Å². The second kappa shape index (κ2) is 5.21. The van der Waals surface area contributed by atoms with Crippen LogP contribution in [0.5, 0.6) is 11.5 Å². The average molecular weight is 221 g/mol. The van der Waals surface area contributed by atoms with Crippen molar-refractivity contribution in [3.63, 3.8) is 0 Å². The zero-order valence-corrected chi connectivity index (χ0v) is 9.69. The van der Waals surface area contributed by atoms with Crippen molar-refractivity contribution in [1.82, 2.24) is 0 Å². The summed E-state index contributed by atoms with van der Waals surface area (Å²) >= 11 is 0. The molecule has 1 saturated carbocycles. The van der Waals surface area contributed by atoms with E-state index < -0.39 is 0 Å². The summed E-state index contributed by atoms with van der Waals surface area (Å²) in [6.45, 7) is 0. The Morgan fingerprint density at radius 3 is 2.12 bits per heavy atom. The molecule has 0 bridgehead atoms. The molecule has 2 N–H and O–H groups in total. The smallest absolute Gasteiger partial charge is 0.119 e. The third kappa shape index (κ3) is 2.89. The van der Waals surface area contributed by atoms with Gasteiger partial charge in [-0.2, -0.15) is 0 Å². The molecule has 1 aromatic rings. The Balaban J connectivity index is 1.88. The molecule has 0 spiro atoms. The van der Waals surface area contributed by atoms with Gasteiger partial charge in [-0.05, 0) is 49.9 Å². The lowest BCUT2D eigenvalue weighted by atomic mass is 9.94. The molecular weight excluding hydrogens is 202 g/mol. The number of methoxy groups -OCH3 is 1. The predicted octanol–water partition coefficient (Wildman–Crippen LogP) is 2.34. The minimum Gasteiger partial charge on any atom is -0.497 e. The molecule has 16 heavy (non-hydrogen) atoms. The zero-order valence-electron chi connectivity index (χ0n) is 9.69. The van der Waals surface area contributed by atoms with Crippen LogP contribution in [0.25, 0.3) is 0 Å². The van der Waals surface area contributed by atoms with Crippen molar-refractivity contribution in [2.24, 2.45) is 5.73 Å². The second-order valence-corrected chi connectivity index (χ2v) is 4.33. The molecule has 0 radical (unpaired) electrons. The van der Waals surface area contributed by atoms with Crippen LogP contribution in [-0.2, 0) is 0 Å². The summed E-state index contributed by atoms with van der Waals surface area (Å²) in [5.74, 6) is 1.78. The molecule has 0 aliphatic heterocycles. The quantitative estimate of drug-likeness (QED) is 0.852. The van der Waals surface area contributed by atoms with Gasteiger partial charge in [0.2, 0.25) is 0 Å². The third-order valence-electron chi connectivity index (χ3n) is 3.08. The molecule has 0 aromatic heterocycles. The highest BCUT2D eigenvalue weighted by Crippen LogP contribution is 2.24. The first-order valence-corrected chi connectivity index (χ1v) is 5.84. The molecule has 0 atom stereocenters. The SMILES string of the molecule is COc1ccc(OC2CCC(N)CC2)cc1. The van der Waals surface area contributed by atoms with E-state index in [1.807, 2.05) is 24.3 Å². The molecule has 88 valence electrons. The third-order valence-corrected chi connectivity index (χ3v) is 3.08. The summed E-state index contributed by atoms with van der Waals surface area (Å²) in [5.41, 5.74) is 5.86. The van der Waals surface area contributed by atoms with Crippen LogP contribution in [0.3, 0.4) is 0 Å². The van der Waals surface area contributed by atoms with E-state index in [4.69, 9.17) is 15.2 Å². The van der Waals surface area contributed by atoms with Crippen molar-refractivity contribution in [2.75, 3.05) is 7.11 Å². The van der Waals surface area contributed by atoms with Crippen molar-refractivity contribution in [1.29, 1.82) is 0 Å². The highest BCUT2D eigenvalue weighted by Gasteiger charge is 2.19. The monoisotopic (exact) mass is 221 g/mol. The Morgan fingerprint density at radius 2 is 1.56 bits per heavy atom. The fourth-order valence-electron chi connectivity index (χ4n) is 2.05. The van der Waals surface area contributed by atoms with Gasteiger partial charge in [0.05, 0.1) is 13.2 Å². The van der Waals surface area contributed by atoms with Crippen LogP contribution in [-0.4, -0.2) is 19.3 Å². The number of ether oxygens (including phenoxy) is 2. The van der Waals surface area contributed by atoms with Gasteiger partial charge in [0.25, 0.3) is 0 Å². The summed E-state index contributed by atoms with van der Waals surface area (Å²) < 4.78 is 11.0. The predicted molar refractivity (Wildman–Crippen MR) is 63.9 cm³/mol. The van der Waals surface area contributed by atoms with Crippen LogP contribution in [0.15, 0.2) is 24.3 Å². The normalized spacial score (nSPS) is 25.1. The lowest BCUT2D eigenvalue weighted by molar-refractivity contribution is 0.147. The van der Waals surface area contributed by atoms with Crippen molar-refractivity contribution < 1.29 is 9.47 Å². The Kier molecular flexibility index (Phi) is 3.67. The van der Waals surface area contributed by atoms with Gasteiger partial charge in [-0.3, -0.25) is 0 Å². The summed E-state index contributed by atoms with van der Waals surface area (Å²) in [7, 11) is 1.67. The highest BCUT2D eigenvalue weighted by atomic mass is 16.5. The second-order valence-electron chi connectivity index (χ2n) is 4.33. The largest absolute Gasteiger partial charge is 0.497 e. The van der Waals surface area contributed by atoms with Crippen LogP contribution < -0.4 is 15.2 Å². The van der Waals surface area contributed by atoms with E-state index in [9.17, 15) is 0 Å². The number of hydrogen-bond donors (Lipinski definition) is 1. The average Bonchev–Trinajstić information content (AvgIpc) is 2.33. The van der Waals surface area contributed by atoms with Gasteiger partial charge in [-0.15, -0.1) is 0 Å². The fraction of sp³-hybridized carbons (Fsp3) is 0.538. The molecule has 3 heteroatoms. The zero-order chi connectivity index (χ0) is 11.4. The Labute approximate surface area is 96.5 Å². The molecule has 1 aliphatic rings. The topological polar surface area (TPSA) is 44.5 Å². The standard InChI is InChI=1S/C13H19NO2/c1-15-11-6-8-13(9-7-11)16-12-4-2-10(14)3-5-12/h6-10,12H,2-5,14H2,1H3. The molecule has 0 heterocycles. The molecule has 2 rings (SSSR count). The van der Waals surface area contributed by atoms with E-state index in [0.717, 1.165) is 37.2 Å². The summed E-state index contributed by atoms with van der Waals surface area (Å²) in [4.78, 5) is 0. The molecule has 3 nitrogen and oxygen atoms in total. The highest BCUT2D eigenvalue weighted by molar-refractivity contribution is 5.31. The van der Waals surface area contributed by atoms with Crippen LogP contribution >= 0.6 is 0 Å². The van der Waals surface area contributed by atoms with Crippen molar-refractivity contribution in [3.8, 4) is 11.5 Å². The van der Waals surface area contributed by atoms with Crippen molar-refractivity contribution in [3.05, 3.63) is 24.3 Å². The molecular formula is C13H19NO2. The molecule has 1 aromatic carbocycles. The van der Waals surface area contributed by atoms with Crippen LogP contribution in [0, 0.1) is 0 Å². The summed E-state index contributed by atoms with van der Waals surface area (Å²) in [6.07, 6.45) is 4.59. The van der Waals surface area contributed by atoms with Crippen molar-refractivity contribution >= 4 is 0 Å². The molecule has 0 unspecified atom stereocenters. The number of nitrogens with two attached hydrogens (primary N) is 1. The maximum Gasteiger partial charge on any atom is 0.119 e. The molecule has 0 saturated heterocycles. The lowest BCUT2D eigenvalue weighted by Gasteiger charge is -2.26. The van der Waals surface area contributed by atoms with Gasteiger partial charge < -0.3 is 15.2 Å². The first-order chi connectivity index (χ1) is 7.78.